The quantitative estimate of drug-likeness (QED) is 0.465. The Bertz CT molecular complexity index is 1160. The van der Waals surface area contributed by atoms with Crippen LogP contribution in [0.5, 0.6) is 0 Å². The summed E-state index contributed by atoms with van der Waals surface area (Å²) in [6.45, 7) is 3.11. The van der Waals surface area contributed by atoms with Gasteiger partial charge < -0.3 is 20.6 Å². The number of pyridine rings is 1. The first-order valence-electron chi connectivity index (χ1n) is 11.3. The number of anilines is 1. The number of thiazole rings is 1. The number of aliphatic hydroxyl groups is 1. The van der Waals surface area contributed by atoms with E-state index in [2.05, 4.69) is 20.6 Å². The molecule has 4 rings (SSSR count). The molecule has 2 aromatic rings. The minimum absolute atomic E-state index is 0.0289. The monoisotopic (exact) mass is 533 g/mol. The molecule has 3 N–H and O–H groups in total. The molecule has 8 nitrogen and oxygen atoms in total. The number of likely N-dealkylation sites (tertiary alicyclic amines) is 1. The summed E-state index contributed by atoms with van der Waals surface area (Å²) in [5, 5.41) is 14.0. The van der Waals surface area contributed by atoms with E-state index < -0.39 is 54.0 Å². The van der Waals surface area contributed by atoms with E-state index in [1.54, 1.807) is 4.90 Å². The number of halogens is 5. The highest BCUT2D eigenvalue weighted by molar-refractivity contribution is 7.17. The number of aromatic nitrogens is 2. The summed E-state index contributed by atoms with van der Waals surface area (Å²) in [6.07, 6.45) is -5.59. The van der Waals surface area contributed by atoms with Gasteiger partial charge in [-0.1, -0.05) is 0 Å². The van der Waals surface area contributed by atoms with Crippen LogP contribution in [-0.2, 0) is 0 Å². The molecule has 2 fully saturated rings. The van der Waals surface area contributed by atoms with Crippen molar-refractivity contribution in [2.75, 3.05) is 11.9 Å². The van der Waals surface area contributed by atoms with E-state index in [4.69, 9.17) is 0 Å². The van der Waals surface area contributed by atoms with Crippen molar-refractivity contribution in [3.05, 3.63) is 28.5 Å². The molecule has 1 saturated heterocycles. The normalized spacial score (nSPS) is 22.6. The molecule has 4 atom stereocenters. The summed E-state index contributed by atoms with van der Waals surface area (Å²) in [6, 6.07) is -1.81. The first-order valence-corrected chi connectivity index (χ1v) is 12.1. The average molecular weight is 534 g/mol. The lowest BCUT2D eigenvalue weighted by Gasteiger charge is -2.21. The molecular formula is C22H24F5N5O3S. The molecule has 0 spiro atoms. The molecule has 0 aromatic carbocycles. The molecule has 196 valence electrons. The number of alkyl halides is 5. The number of rotatable bonds is 7. The van der Waals surface area contributed by atoms with Crippen LogP contribution >= 0.6 is 11.3 Å². The molecule has 2 aliphatic rings. The molecular weight excluding hydrogens is 509 g/mol. The third-order valence-corrected chi connectivity index (χ3v) is 7.27. The van der Waals surface area contributed by atoms with Crippen LogP contribution in [0.15, 0.2) is 12.3 Å². The third-order valence-electron chi connectivity index (χ3n) is 6.18. The summed E-state index contributed by atoms with van der Waals surface area (Å²) in [7, 11) is 0. The molecule has 0 bridgehead atoms. The van der Waals surface area contributed by atoms with Gasteiger partial charge in [-0.2, -0.15) is 13.2 Å². The maximum atomic E-state index is 14.1. The second-order valence-electron chi connectivity index (χ2n) is 8.93. The number of aliphatic hydroxyl groups excluding tert-OH is 1. The Morgan fingerprint density at radius 1 is 1.31 bits per heavy atom. The number of carbonyl (C=O) groups is 2. The predicted molar refractivity (Wildman–Crippen MR) is 121 cm³/mol. The van der Waals surface area contributed by atoms with E-state index in [9.17, 15) is 36.6 Å². The Hall–Kier alpha value is -2.87. The topological polar surface area (TPSA) is 107 Å². The Kier molecular flexibility index (Phi) is 7.19. The zero-order valence-electron chi connectivity index (χ0n) is 19.3. The van der Waals surface area contributed by atoms with Crippen molar-refractivity contribution < 1.29 is 36.6 Å². The van der Waals surface area contributed by atoms with Crippen molar-refractivity contribution in [1.82, 2.24) is 20.2 Å². The Morgan fingerprint density at radius 3 is 2.56 bits per heavy atom. The van der Waals surface area contributed by atoms with Crippen LogP contribution in [0.1, 0.15) is 65.4 Å². The van der Waals surface area contributed by atoms with Gasteiger partial charge in [-0.05, 0) is 39.2 Å². The summed E-state index contributed by atoms with van der Waals surface area (Å²) in [4.78, 5) is 35.5. The van der Waals surface area contributed by atoms with Gasteiger partial charge in [0.25, 0.3) is 18.2 Å². The van der Waals surface area contributed by atoms with Crippen molar-refractivity contribution >= 4 is 29.0 Å². The van der Waals surface area contributed by atoms with Crippen molar-refractivity contribution in [3.63, 3.8) is 0 Å². The largest absolute Gasteiger partial charge is 0.408 e. The lowest BCUT2D eigenvalue weighted by Crippen LogP contribution is -2.34. The Labute approximate surface area is 206 Å². The molecule has 3 heterocycles. The lowest BCUT2D eigenvalue weighted by molar-refractivity contribution is -0.138. The van der Waals surface area contributed by atoms with Crippen LogP contribution in [0.4, 0.5) is 27.8 Å². The van der Waals surface area contributed by atoms with Crippen LogP contribution in [0.2, 0.25) is 0 Å². The van der Waals surface area contributed by atoms with Crippen molar-refractivity contribution in [2.24, 2.45) is 0 Å². The first-order chi connectivity index (χ1) is 16.9. The van der Waals surface area contributed by atoms with Crippen LogP contribution in [0, 0.1) is 0 Å². The van der Waals surface area contributed by atoms with E-state index in [0.29, 0.717) is 24.3 Å². The van der Waals surface area contributed by atoms with Gasteiger partial charge in [-0.3, -0.25) is 9.59 Å². The molecule has 0 radical (unpaired) electrons. The number of amides is 2. The van der Waals surface area contributed by atoms with E-state index in [0.717, 1.165) is 32.0 Å². The molecule has 2 unspecified atom stereocenters. The number of carbonyl (C=O) groups excluding carboxylic acids is 2. The van der Waals surface area contributed by atoms with Gasteiger partial charge >= 0.3 is 6.18 Å². The number of nitrogens with one attached hydrogen (secondary N) is 2. The fourth-order valence-corrected chi connectivity index (χ4v) is 4.90. The highest BCUT2D eigenvalue weighted by Crippen LogP contribution is 2.39. The smallest absolute Gasteiger partial charge is 0.391 e. The lowest BCUT2D eigenvalue weighted by atomic mass is 10.1. The van der Waals surface area contributed by atoms with Crippen molar-refractivity contribution in [2.45, 2.75) is 69.9 Å². The average Bonchev–Trinajstić information content (AvgIpc) is 3.16. The molecule has 1 saturated carbocycles. The van der Waals surface area contributed by atoms with Crippen molar-refractivity contribution in [3.8, 4) is 10.4 Å². The summed E-state index contributed by atoms with van der Waals surface area (Å²) < 4.78 is 66.9. The van der Waals surface area contributed by atoms with E-state index >= 15 is 0 Å². The molecule has 2 amide bonds. The molecule has 36 heavy (non-hydrogen) atoms. The van der Waals surface area contributed by atoms with E-state index in [1.807, 2.05) is 6.92 Å². The van der Waals surface area contributed by atoms with Gasteiger partial charge in [0.15, 0.2) is 5.01 Å². The first kappa shape index (κ1) is 26.2. The van der Waals surface area contributed by atoms with Gasteiger partial charge in [0, 0.05) is 29.9 Å². The predicted octanol–water partition coefficient (Wildman–Crippen LogP) is 3.99. The highest BCUT2D eigenvalue weighted by Gasteiger charge is 2.39. The van der Waals surface area contributed by atoms with Gasteiger partial charge in [0.2, 0.25) is 0 Å². The zero-order chi connectivity index (χ0) is 26.4. The van der Waals surface area contributed by atoms with Gasteiger partial charge in [-0.15, -0.1) is 11.3 Å². The van der Waals surface area contributed by atoms with Crippen LogP contribution in [0.3, 0.4) is 0 Å². The standard InChI is InChI=1S/C22H24F5N5O3S/c1-9-4-3-5-32(9)21(35)16-17(36-20(31-16)19(34)30-13-7-14(13)33)12-8-28-15(6-11(12)18(23)24)29-10(2)22(25,26)27/h6,8-10,13-14,18,33H,3-5,7H2,1-2H3,(H,28,29)(H,30,34)/t9?,10?,13-,14-/m1/s1. The third kappa shape index (κ3) is 5.43. The van der Waals surface area contributed by atoms with Gasteiger partial charge in [-0.25, -0.2) is 18.7 Å². The maximum Gasteiger partial charge on any atom is 0.408 e. The second kappa shape index (κ2) is 9.88. The maximum absolute atomic E-state index is 14.1. The minimum atomic E-state index is -4.62. The van der Waals surface area contributed by atoms with E-state index in [1.165, 1.54) is 0 Å². The highest BCUT2D eigenvalue weighted by atomic mass is 32.1. The van der Waals surface area contributed by atoms with Crippen LogP contribution in [0.25, 0.3) is 10.4 Å². The molecule has 2 aromatic heterocycles. The van der Waals surface area contributed by atoms with Gasteiger partial charge in [0.1, 0.15) is 17.6 Å². The molecule has 14 heteroatoms. The number of hydrogen-bond donors (Lipinski definition) is 3. The molecule has 1 aliphatic heterocycles. The van der Waals surface area contributed by atoms with Crippen LogP contribution < -0.4 is 10.6 Å². The second-order valence-corrected chi connectivity index (χ2v) is 9.93. The minimum Gasteiger partial charge on any atom is -0.391 e. The van der Waals surface area contributed by atoms with Gasteiger partial charge in [0.05, 0.1) is 17.0 Å². The SMILES string of the molecule is CC1CCCN1C(=O)c1nc(C(=O)N[C@@H]2C[C@H]2O)sc1-c1cnc(NC(C)C(F)(F)F)cc1C(F)F. The Morgan fingerprint density at radius 2 is 2.00 bits per heavy atom. The Balaban J connectivity index is 1.75. The van der Waals surface area contributed by atoms with E-state index in [-0.39, 0.29) is 27.2 Å². The summed E-state index contributed by atoms with van der Waals surface area (Å²) in [5.74, 6) is -1.62. The van der Waals surface area contributed by atoms with Crippen LogP contribution in [-0.4, -0.2) is 68.7 Å². The summed E-state index contributed by atoms with van der Waals surface area (Å²) >= 11 is 0.710. The fraction of sp³-hybridized carbons (Fsp3) is 0.545. The van der Waals surface area contributed by atoms with Crippen molar-refractivity contribution in [1.29, 1.82) is 0 Å². The summed E-state index contributed by atoms with van der Waals surface area (Å²) in [5.41, 5.74) is -1.06. The number of nitrogens with zero attached hydrogens (tertiary/aromatic N) is 3. The fourth-order valence-electron chi connectivity index (χ4n) is 3.91. The number of hydrogen-bond acceptors (Lipinski definition) is 7. The zero-order valence-corrected chi connectivity index (χ0v) is 20.1. The molecule has 1 aliphatic carbocycles.